The fourth-order valence-corrected chi connectivity index (χ4v) is 5.74. The monoisotopic (exact) mass is 565 g/mol. The number of hydrogen-bond donors (Lipinski definition) is 1. The Balaban J connectivity index is 2.04. The number of carbonyl (C=O) groups excluding carboxylic acids is 2. The molecule has 0 saturated carbocycles. The second-order valence-corrected chi connectivity index (χ2v) is 11.9. The molecule has 0 aromatic heterocycles. The van der Waals surface area contributed by atoms with Crippen molar-refractivity contribution in [1.29, 1.82) is 0 Å². The summed E-state index contributed by atoms with van der Waals surface area (Å²) in [5.74, 6) is -0.138. The van der Waals surface area contributed by atoms with E-state index in [4.69, 9.17) is 4.74 Å². The molecule has 0 aliphatic heterocycles. The molecule has 1 N–H and O–H groups in total. The number of aryl methyl sites for hydroxylation is 2. The molecule has 3 rings (SSSR count). The van der Waals surface area contributed by atoms with E-state index in [9.17, 15) is 18.0 Å². The highest BCUT2D eigenvalue weighted by atomic mass is 32.2. The van der Waals surface area contributed by atoms with Crippen LogP contribution in [0.5, 0.6) is 5.75 Å². The molecular formula is C31H39N3O5S. The van der Waals surface area contributed by atoms with E-state index >= 15 is 0 Å². The molecule has 0 aliphatic rings. The van der Waals surface area contributed by atoms with Gasteiger partial charge in [-0.3, -0.25) is 13.9 Å². The third-order valence-corrected chi connectivity index (χ3v) is 8.57. The van der Waals surface area contributed by atoms with Crippen molar-refractivity contribution >= 4 is 27.5 Å². The minimum Gasteiger partial charge on any atom is -0.497 e. The van der Waals surface area contributed by atoms with E-state index in [1.807, 2.05) is 45.9 Å². The molecule has 3 aromatic rings. The number of anilines is 1. The van der Waals surface area contributed by atoms with Gasteiger partial charge in [-0.25, -0.2) is 8.42 Å². The summed E-state index contributed by atoms with van der Waals surface area (Å²) in [6, 6.07) is 19.8. The first-order chi connectivity index (χ1) is 19.0. The molecule has 8 nitrogen and oxygen atoms in total. The van der Waals surface area contributed by atoms with Crippen LogP contribution in [0.2, 0.25) is 0 Å². The lowest BCUT2D eigenvalue weighted by Gasteiger charge is -2.32. The van der Waals surface area contributed by atoms with Crippen molar-refractivity contribution in [1.82, 2.24) is 10.2 Å². The lowest BCUT2D eigenvalue weighted by Crippen LogP contribution is -2.52. The van der Waals surface area contributed by atoms with Gasteiger partial charge in [0, 0.05) is 12.6 Å². The van der Waals surface area contributed by atoms with Crippen LogP contribution in [-0.4, -0.2) is 50.9 Å². The van der Waals surface area contributed by atoms with E-state index in [0.29, 0.717) is 11.4 Å². The summed E-state index contributed by atoms with van der Waals surface area (Å²) in [6.07, 6.45) is 0.737. The van der Waals surface area contributed by atoms with Gasteiger partial charge in [0.05, 0.1) is 17.7 Å². The molecule has 40 heavy (non-hydrogen) atoms. The number of hydrogen-bond acceptors (Lipinski definition) is 5. The van der Waals surface area contributed by atoms with Crippen molar-refractivity contribution in [2.45, 2.75) is 64.6 Å². The fourth-order valence-electron chi connectivity index (χ4n) is 4.32. The largest absolute Gasteiger partial charge is 0.497 e. The molecule has 3 aromatic carbocycles. The molecule has 0 spiro atoms. The normalized spacial score (nSPS) is 12.8. The number of methoxy groups -OCH3 is 1. The van der Waals surface area contributed by atoms with Gasteiger partial charge in [0.2, 0.25) is 11.8 Å². The van der Waals surface area contributed by atoms with Crippen LogP contribution in [-0.2, 0) is 26.2 Å². The Morgan fingerprint density at radius 2 is 1.52 bits per heavy atom. The zero-order valence-corrected chi connectivity index (χ0v) is 24.9. The number of sulfonamides is 1. The second kappa shape index (κ2) is 13.5. The van der Waals surface area contributed by atoms with Crippen molar-refractivity contribution in [3.63, 3.8) is 0 Å². The quantitative estimate of drug-likeness (QED) is 0.339. The summed E-state index contributed by atoms with van der Waals surface area (Å²) < 4.78 is 34.2. The lowest BCUT2D eigenvalue weighted by molar-refractivity contribution is -0.139. The number of benzene rings is 3. The second-order valence-electron chi connectivity index (χ2n) is 10.0. The van der Waals surface area contributed by atoms with Crippen LogP contribution < -0.4 is 14.4 Å². The number of nitrogens with zero attached hydrogens (tertiary/aromatic N) is 2. The van der Waals surface area contributed by atoms with Crippen molar-refractivity contribution in [3.8, 4) is 5.75 Å². The molecule has 2 amide bonds. The number of ether oxygens (including phenoxy) is 1. The Hall–Kier alpha value is -3.85. The summed E-state index contributed by atoms with van der Waals surface area (Å²) >= 11 is 0. The minimum absolute atomic E-state index is 0.0712. The standard InChI is InChI=1S/C31H39N3O5S/c1-7-24(4)32-31(36)25(5)33(20-26-13-15-28(39-6)16-14-26)30(35)21-34(27-18-22(2)17-23(3)19-27)40(37,38)29-11-9-8-10-12-29/h8-19,24-25H,7,20-21H2,1-6H3,(H,32,36). The van der Waals surface area contributed by atoms with Crippen molar-refractivity contribution in [3.05, 3.63) is 89.5 Å². The highest BCUT2D eigenvalue weighted by Gasteiger charge is 2.33. The molecule has 0 heterocycles. The molecule has 0 bridgehead atoms. The SMILES string of the molecule is CCC(C)NC(=O)C(C)N(Cc1ccc(OC)cc1)C(=O)CN(c1cc(C)cc(C)c1)S(=O)(=O)c1ccccc1. The van der Waals surface area contributed by atoms with Crippen LogP contribution >= 0.6 is 0 Å². The van der Waals surface area contributed by atoms with E-state index < -0.39 is 28.5 Å². The fraction of sp³-hybridized carbons (Fsp3) is 0.355. The number of amides is 2. The molecule has 2 atom stereocenters. The summed E-state index contributed by atoms with van der Waals surface area (Å²) in [4.78, 5) is 28.7. The van der Waals surface area contributed by atoms with Crippen LogP contribution in [0.15, 0.2) is 77.7 Å². The maximum absolute atomic E-state index is 14.0. The average Bonchev–Trinajstić information content (AvgIpc) is 2.94. The first-order valence-electron chi connectivity index (χ1n) is 13.3. The number of nitrogens with one attached hydrogen (secondary N) is 1. The maximum Gasteiger partial charge on any atom is 0.264 e. The van der Waals surface area contributed by atoms with Crippen LogP contribution in [0.3, 0.4) is 0 Å². The van der Waals surface area contributed by atoms with E-state index in [-0.39, 0.29) is 23.4 Å². The van der Waals surface area contributed by atoms with Crippen LogP contribution in [0.25, 0.3) is 0 Å². The van der Waals surface area contributed by atoms with E-state index in [1.165, 1.54) is 17.0 Å². The highest BCUT2D eigenvalue weighted by molar-refractivity contribution is 7.92. The molecule has 2 unspecified atom stereocenters. The number of carbonyl (C=O) groups is 2. The third-order valence-electron chi connectivity index (χ3n) is 6.78. The van der Waals surface area contributed by atoms with Gasteiger partial charge in [-0.15, -0.1) is 0 Å². The Kier molecular flexibility index (Phi) is 10.3. The smallest absolute Gasteiger partial charge is 0.264 e. The summed E-state index contributed by atoms with van der Waals surface area (Å²) in [7, 11) is -2.53. The zero-order valence-electron chi connectivity index (χ0n) is 24.0. The molecule has 214 valence electrons. The van der Waals surface area contributed by atoms with Gasteiger partial charge < -0.3 is 15.0 Å². The predicted octanol–water partition coefficient (Wildman–Crippen LogP) is 4.84. The first kappa shape index (κ1) is 30.7. The van der Waals surface area contributed by atoms with Gasteiger partial charge in [0.1, 0.15) is 18.3 Å². The Labute approximate surface area is 238 Å². The molecule has 0 saturated heterocycles. The van der Waals surface area contributed by atoms with E-state index in [1.54, 1.807) is 56.5 Å². The molecule has 0 fully saturated rings. The van der Waals surface area contributed by atoms with E-state index in [2.05, 4.69) is 5.32 Å². The summed E-state index contributed by atoms with van der Waals surface area (Å²) in [5.41, 5.74) is 2.90. The Morgan fingerprint density at radius 3 is 2.08 bits per heavy atom. The lowest BCUT2D eigenvalue weighted by atomic mass is 10.1. The third kappa shape index (κ3) is 7.63. The summed E-state index contributed by atoms with van der Waals surface area (Å²) in [5, 5.41) is 2.94. The van der Waals surface area contributed by atoms with Crippen LogP contribution in [0, 0.1) is 13.8 Å². The van der Waals surface area contributed by atoms with Crippen LogP contribution in [0.1, 0.15) is 43.9 Å². The summed E-state index contributed by atoms with van der Waals surface area (Å²) in [6.45, 7) is 8.92. The van der Waals surface area contributed by atoms with E-state index in [0.717, 1.165) is 27.4 Å². The topological polar surface area (TPSA) is 96.0 Å². The van der Waals surface area contributed by atoms with Gasteiger partial charge in [-0.2, -0.15) is 0 Å². The number of rotatable bonds is 12. The van der Waals surface area contributed by atoms with Gasteiger partial charge in [0.15, 0.2) is 0 Å². The Morgan fingerprint density at radius 1 is 0.925 bits per heavy atom. The van der Waals surface area contributed by atoms with Gasteiger partial charge in [-0.05, 0) is 87.2 Å². The zero-order chi connectivity index (χ0) is 29.4. The molecule has 0 radical (unpaired) electrons. The van der Waals surface area contributed by atoms with Crippen molar-refractivity contribution < 1.29 is 22.7 Å². The first-order valence-corrected chi connectivity index (χ1v) is 14.8. The van der Waals surface area contributed by atoms with Gasteiger partial charge in [0.25, 0.3) is 10.0 Å². The van der Waals surface area contributed by atoms with Crippen molar-refractivity contribution in [2.75, 3.05) is 18.0 Å². The average molecular weight is 566 g/mol. The predicted molar refractivity (Wildman–Crippen MR) is 158 cm³/mol. The molecule has 9 heteroatoms. The molecule has 0 aliphatic carbocycles. The van der Waals surface area contributed by atoms with Gasteiger partial charge in [-0.1, -0.05) is 43.3 Å². The minimum atomic E-state index is -4.10. The van der Waals surface area contributed by atoms with Gasteiger partial charge >= 0.3 is 0 Å². The van der Waals surface area contributed by atoms with Crippen molar-refractivity contribution in [2.24, 2.45) is 0 Å². The maximum atomic E-state index is 14.0. The van der Waals surface area contributed by atoms with Crippen LogP contribution in [0.4, 0.5) is 5.69 Å². The Bertz CT molecular complexity index is 1390. The highest BCUT2D eigenvalue weighted by Crippen LogP contribution is 2.27. The molecular weight excluding hydrogens is 526 g/mol.